The Labute approximate surface area is 102 Å². The maximum atomic E-state index is 11.1. The van der Waals surface area contributed by atoms with E-state index in [0.29, 0.717) is 18.9 Å². The molecule has 0 aliphatic carbocycles. The first-order valence-corrected chi connectivity index (χ1v) is 5.79. The summed E-state index contributed by atoms with van der Waals surface area (Å²) >= 11 is 3.30. The molecule has 1 fully saturated rings. The molecule has 1 aliphatic rings. The number of rotatable bonds is 2. The summed E-state index contributed by atoms with van der Waals surface area (Å²) in [6, 6.07) is 3.15. The van der Waals surface area contributed by atoms with E-state index in [1.54, 1.807) is 6.20 Å². The Morgan fingerprint density at radius 3 is 3.06 bits per heavy atom. The van der Waals surface area contributed by atoms with Gasteiger partial charge in [-0.25, -0.2) is 9.78 Å². The molecule has 1 aliphatic heterocycles. The standard InChI is InChI=1S/C10H12BrN3O2/c11-7-1-2-9(13-5-7)14-4-3-12-6-8(14)10(15)16/h1-2,5,8,12H,3-4,6H2,(H,15,16)/t8-/m0/s1. The molecule has 2 N–H and O–H groups in total. The molecule has 0 bridgehead atoms. The van der Waals surface area contributed by atoms with Crippen LogP contribution in [-0.2, 0) is 4.79 Å². The van der Waals surface area contributed by atoms with Gasteiger partial charge in [0.15, 0.2) is 0 Å². The summed E-state index contributed by atoms with van der Waals surface area (Å²) in [7, 11) is 0. The number of hydrogen-bond acceptors (Lipinski definition) is 4. The van der Waals surface area contributed by atoms with Crippen LogP contribution in [0.3, 0.4) is 0 Å². The summed E-state index contributed by atoms with van der Waals surface area (Å²) in [4.78, 5) is 17.1. The lowest BCUT2D eigenvalue weighted by Gasteiger charge is -2.34. The van der Waals surface area contributed by atoms with Crippen LogP contribution in [0.25, 0.3) is 0 Å². The molecule has 0 aromatic carbocycles. The number of piperazine rings is 1. The van der Waals surface area contributed by atoms with Gasteiger partial charge < -0.3 is 15.3 Å². The molecule has 1 saturated heterocycles. The molecule has 2 rings (SSSR count). The quantitative estimate of drug-likeness (QED) is 0.838. The van der Waals surface area contributed by atoms with Crippen molar-refractivity contribution in [1.29, 1.82) is 0 Å². The van der Waals surface area contributed by atoms with Crippen LogP contribution in [0, 0.1) is 0 Å². The van der Waals surface area contributed by atoms with Crippen molar-refractivity contribution in [2.75, 3.05) is 24.5 Å². The molecule has 0 radical (unpaired) electrons. The molecule has 16 heavy (non-hydrogen) atoms. The molecule has 0 saturated carbocycles. The number of aromatic nitrogens is 1. The van der Waals surface area contributed by atoms with Gasteiger partial charge >= 0.3 is 5.97 Å². The van der Waals surface area contributed by atoms with Gasteiger partial charge in [-0.2, -0.15) is 0 Å². The molecular formula is C10H12BrN3O2. The lowest BCUT2D eigenvalue weighted by Crippen LogP contribution is -2.55. The fourth-order valence-corrected chi connectivity index (χ4v) is 1.97. The smallest absolute Gasteiger partial charge is 0.327 e. The van der Waals surface area contributed by atoms with Crippen LogP contribution in [0.15, 0.2) is 22.8 Å². The molecule has 0 unspecified atom stereocenters. The topological polar surface area (TPSA) is 65.5 Å². The van der Waals surface area contributed by atoms with Crippen molar-refractivity contribution < 1.29 is 9.90 Å². The minimum absolute atomic E-state index is 0.451. The van der Waals surface area contributed by atoms with Gasteiger partial charge in [0.2, 0.25) is 0 Å². The first-order valence-electron chi connectivity index (χ1n) is 5.00. The van der Waals surface area contributed by atoms with E-state index in [2.05, 4.69) is 26.2 Å². The van der Waals surface area contributed by atoms with Gasteiger partial charge in [0.1, 0.15) is 11.9 Å². The summed E-state index contributed by atoms with van der Waals surface area (Å²) in [6.45, 7) is 1.89. The van der Waals surface area contributed by atoms with E-state index in [0.717, 1.165) is 11.0 Å². The largest absolute Gasteiger partial charge is 0.480 e. The van der Waals surface area contributed by atoms with Crippen LogP contribution >= 0.6 is 15.9 Å². The molecule has 5 nitrogen and oxygen atoms in total. The van der Waals surface area contributed by atoms with E-state index in [1.165, 1.54) is 0 Å². The molecule has 86 valence electrons. The number of carboxylic acid groups (broad SMARTS) is 1. The van der Waals surface area contributed by atoms with Crippen molar-refractivity contribution >= 4 is 27.7 Å². The van der Waals surface area contributed by atoms with Crippen LogP contribution in [0.5, 0.6) is 0 Å². The monoisotopic (exact) mass is 285 g/mol. The second-order valence-electron chi connectivity index (χ2n) is 3.59. The molecule has 0 amide bonds. The Morgan fingerprint density at radius 2 is 2.44 bits per heavy atom. The molecule has 2 heterocycles. The van der Waals surface area contributed by atoms with E-state index in [4.69, 9.17) is 5.11 Å². The maximum Gasteiger partial charge on any atom is 0.327 e. The molecule has 1 aromatic heterocycles. The van der Waals surface area contributed by atoms with E-state index in [1.807, 2.05) is 17.0 Å². The van der Waals surface area contributed by atoms with Crippen molar-refractivity contribution in [2.24, 2.45) is 0 Å². The van der Waals surface area contributed by atoms with E-state index < -0.39 is 12.0 Å². The summed E-state index contributed by atoms with van der Waals surface area (Å²) in [5.41, 5.74) is 0. The second-order valence-corrected chi connectivity index (χ2v) is 4.50. The number of nitrogens with zero attached hydrogens (tertiary/aromatic N) is 2. The first-order chi connectivity index (χ1) is 7.68. The number of pyridine rings is 1. The van der Waals surface area contributed by atoms with Crippen LogP contribution in [-0.4, -0.2) is 41.7 Å². The van der Waals surface area contributed by atoms with E-state index in [-0.39, 0.29) is 0 Å². The van der Waals surface area contributed by atoms with E-state index >= 15 is 0 Å². The number of nitrogens with one attached hydrogen (secondary N) is 1. The molecular weight excluding hydrogens is 274 g/mol. The Balaban J connectivity index is 2.23. The molecule has 1 atom stereocenters. The van der Waals surface area contributed by atoms with Crippen LogP contribution in [0.4, 0.5) is 5.82 Å². The normalized spacial score (nSPS) is 20.8. The molecule has 0 spiro atoms. The Kier molecular flexibility index (Phi) is 3.40. The third kappa shape index (κ3) is 2.33. The number of hydrogen-bond donors (Lipinski definition) is 2. The van der Waals surface area contributed by atoms with Gasteiger partial charge in [-0.1, -0.05) is 0 Å². The number of carboxylic acids is 1. The lowest BCUT2D eigenvalue weighted by atomic mass is 10.2. The number of carbonyl (C=O) groups is 1. The Morgan fingerprint density at radius 1 is 1.62 bits per heavy atom. The predicted molar refractivity (Wildman–Crippen MR) is 63.6 cm³/mol. The number of anilines is 1. The maximum absolute atomic E-state index is 11.1. The van der Waals surface area contributed by atoms with E-state index in [9.17, 15) is 4.79 Å². The van der Waals surface area contributed by atoms with Crippen LogP contribution in [0.2, 0.25) is 0 Å². The summed E-state index contributed by atoms with van der Waals surface area (Å²) in [5, 5.41) is 12.2. The second kappa shape index (κ2) is 4.80. The van der Waals surface area contributed by atoms with Crippen molar-refractivity contribution in [3.8, 4) is 0 Å². The zero-order valence-electron chi connectivity index (χ0n) is 8.56. The Bertz CT molecular complexity index is 382. The van der Waals surface area contributed by atoms with Gasteiger partial charge in [-0.15, -0.1) is 0 Å². The summed E-state index contributed by atoms with van der Waals surface area (Å²) in [5.74, 6) is -0.117. The summed E-state index contributed by atoms with van der Waals surface area (Å²) < 4.78 is 0.887. The number of halogens is 1. The van der Waals surface area contributed by atoms with Crippen molar-refractivity contribution in [3.05, 3.63) is 22.8 Å². The summed E-state index contributed by atoms with van der Waals surface area (Å²) in [6.07, 6.45) is 1.68. The van der Waals surface area contributed by atoms with Crippen LogP contribution in [0.1, 0.15) is 0 Å². The van der Waals surface area contributed by atoms with Crippen molar-refractivity contribution in [1.82, 2.24) is 10.3 Å². The SMILES string of the molecule is O=C(O)[C@@H]1CNCCN1c1ccc(Br)cn1. The van der Waals surface area contributed by atoms with Crippen molar-refractivity contribution in [3.63, 3.8) is 0 Å². The van der Waals surface area contributed by atoms with Crippen molar-refractivity contribution in [2.45, 2.75) is 6.04 Å². The Hall–Kier alpha value is -1.14. The molecule has 1 aromatic rings. The highest BCUT2D eigenvalue weighted by molar-refractivity contribution is 9.10. The number of aliphatic carboxylic acids is 1. The van der Waals surface area contributed by atoms with Gasteiger partial charge in [0, 0.05) is 30.3 Å². The minimum atomic E-state index is -0.822. The third-order valence-electron chi connectivity index (χ3n) is 2.53. The van der Waals surface area contributed by atoms with Crippen LogP contribution < -0.4 is 10.2 Å². The minimum Gasteiger partial charge on any atom is -0.480 e. The molecule has 6 heteroatoms. The third-order valence-corrected chi connectivity index (χ3v) is 3.00. The first kappa shape index (κ1) is 11.3. The highest BCUT2D eigenvalue weighted by Gasteiger charge is 2.28. The highest BCUT2D eigenvalue weighted by Crippen LogP contribution is 2.18. The van der Waals surface area contributed by atoms with Gasteiger partial charge in [0.25, 0.3) is 0 Å². The fraction of sp³-hybridized carbons (Fsp3) is 0.400. The zero-order chi connectivity index (χ0) is 11.5. The fourth-order valence-electron chi connectivity index (χ4n) is 1.74. The lowest BCUT2D eigenvalue weighted by molar-refractivity contribution is -0.138. The average molecular weight is 286 g/mol. The highest BCUT2D eigenvalue weighted by atomic mass is 79.9. The van der Waals surface area contributed by atoms with Gasteiger partial charge in [-0.05, 0) is 28.1 Å². The average Bonchev–Trinajstić information content (AvgIpc) is 2.30. The van der Waals surface area contributed by atoms with Gasteiger partial charge in [-0.3, -0.25) is 0 Å². The van der Waals surface area contributed by atoms with Gasteiger partial charge in [0.05, 0.1) is 0 Å². The predicted octanol–water partition coefficient (Wildman–Crippen LogP) is 0.707. The zero-order valence-corrected chi connectivity index (χ0v) is 10.1.